The van der Waals surface area contributed by atoms with Gasteiger partial charge in [-0.25, -0.2) is 8.42 Å². The van der Waals surface area contributed by atoms with E-state index in [0.29, 0.717) is 41.7 Å². The van der Waals surface area contributed by atoms with Crippen LogP contribution in [0.1, 0.15) is 11.1 Å². The smallest absolute Gasteiger partial charge is 0.264 e. The lowest BCUT2D eigenvalue weighted by Crippen LogP contribution is -2.41. The highest BCUT2D eigenvalue weighted by Gasteiger charge is 2.27. The summed E-state index contributed by atoms with van der Waals surface area (Å²) in [4.78, 5) is 13.1. The van der Waals surface area contributed by atoms with Gasteiger partial charge in [0.1, 0.15) is 18.0 Å². The number of hydrogen-bond donors (Lipinski definition) is 1. The van der Waals surface area contributed by atoms with Crippen LogP contribution in [0.3, 0.4) is 0 Å². The molecule has 0 atom stereocenters. The van der Waals surface area contributed by atoms with Crippen molar-refractivity contribution in [1.29, 1.82) is 0 Å². The van der Waals surface area contributed by atoms with Crippen LogP contribution in [0.2, 0.25) is 0 Å². The molecule has 0 aliphatic rings. The molecule has 0 heterocycles. The Labute approximate surface area is 235 Å². The Hall–Kier alpha value is -4.50. The lowest BCUT2D eigenvalue weighted by Gasteiger charge is -2.24. The van der Waals surface area contributed by atoms with Gasteiger partial charge < -0.3 is 19.5 Å². The van der Waals surface area contributed by atoms with Gasteiger partial charge in [-0.3, -0.25) is 9.10 Å². The highest BCUT2D eigenvalue weighted by molar-refractivity contribution is 7.92. The summed E-state index contributed by atoms with van der Waals surface area (Å²) < 4.78 is 44.9. The second-order valence-corrected chi connectivity index (χ2v) is 10.9. The Kier molecular flexibility index (Phi) is 9.29. The molecule has 0 saturated heterocycles. The summed E-state index contributed by atoms with van der Waals surface area (Å²) in [6.45, 7) is 1.81. The molecule has 0 aliphatic heterocycles. The highest BCUT2D eigenvalue weighted by atomic mass is 32.2. The summed E-state index contributed by atoms with van der Waals surface area (Å²) in [5, 5.41) is 2.83. The molecule has 9 heteroatoms. The van der Waals surface area contributed by atoms with Crippen LogP contribution in [-0.4, -0.2) is 41.6 Å². The van der Waals surface area contributed by atoms with Crippen LogP contribution in [0.5, 0.6) is 23.0 Å². The molecule has 4 aromatic rings. The number of anilines is 1. The van der Waals surface area contributed by atoms with Gasteiger partial charge >= 0.3 is 0 Å². The Morgan fingerprint density at radius 1 is 0.800 bits per heavy atom. The molecule has 1 amide bonds. The molecular formula is C31H32N2O6S. The van der Waals surface area contributed by atoms with E-state index in [1.54, 1.807) is 68.8 Å². The molecule has 0 fully saturated rings. The third-order valence-electron chi connectivity index (χ3n) is 6.18. The maximum Gasteiger partial charge on any atom is 0.264 e. The Balaban J connectivity index is 1.50. The number of rotatable bonds is 12. The lowest BCUT2D eigenvalue weighted by molar-refractivity contribution is -0.119. The van der Waals surface area contributed by atoms with E-state index in [-0.39, 0.29) is 11.4 Å². The largest absolute Gasteiger partial charge is 0.493 e. The Morgan fingerprint density at radius 3 is 2.10 bits per heavy atom. The van der Waals surface area contributed by atoms with Crippen molar-refractivity contribution < 1.29 is 27.4 Å². The molecule has 4 aromatic carbocycles. The minimum Gasteiger partial charge on any atom is -0.493 e. The lowest BCUT2D eigenvalue weighted by atomic mass is 10.1. The molecule has 1 N–H and O–H groups in total. The van der Waals surface area contributed by atoms with E-state index in [2.05, 4.69) is 5.32 Å². The van der Waals surface area contributed by atoms with E-state index >= 15 is 0 Å². The summed E-state index contributed by atoms with van der Waals surface area (Å²) in [6.07, 6.45) is 0.530. The monoisotopic (exact) mass is 560 g/mol. The third-order valence-corrected chi connectivity index (χ3v) is 7.97. The summed E-state index contributed by atoms with van der Waals surface area (Å²) in [7, 11) is -0.901. The van der Waals surface area contributed by atoms with Crippen molar-refractivity contribution in [1.82, 2.24) is 5.32 Å². The number of nitrogens with zero attached hydrogens (tertiary/aromatic N) is 1. The van der Waals surface area contributed by atoms with Gasteiger partial charge in [-0.05, 0) is 79.6 Å². The molecule has 0 aromatic heterocycles. The number of amides is 1. The van der Waals surface area contributed by atoms with Gasteiger partial charge in [0, 0.05) is 6.54 Å². The van der Waals surface area contributed by atoms with E-state index < -0.39 is 15.9 Å². The average Bonchev–Trinajstić information content (AvgIpc) is 2.97. The zero-order valence-electron chi connectivity index (χ0n) is 22.7. The van der Waals surface area contributed by atoms with Crippen molar-refractivity contribution in [3.05, 3.63) is 108 Å². The van der Waals surface area contributed by atoms with Crippen molar-refractivity contribution in [2.45, 2.75) is 18.2 Å². The van der Waals surface area contributed by atoms with Crippen molar-refractivity contribution in [2.75, 3.05) is 31.6 Å². The molecule has 0 aliphatic carbocycles. The molecule has 8 nitrogen and oxygen atoms in total. The first-order valence-corrected chi connectivity index (χ1v) is 14.1. The third kappa shape index (κ3) is 7.12. The van der Waals surface area contributed by atoms with Crippen LogP contribution >= 0.6 is 0 Å². The fourth-order valence-corrected chi connectivity index (χ4v) is 5.45. The zero-order chi connectivity index (χ0) is 28.5. The first-order chi connectivity index (χ1) is 19.3. The van der Waals surface area contributed by atoms with Crippen LogP contribution in [0.25, 0.3) is 0 Å². The predicted molar refractivity (Wildman–Crippen MR) is 155 cm³/mol. The number of hydrogen-bond acceptors (Lipinski definition) is 6. The molecule has 0 radical (unpaired) electrons. The fraction of sp³-hybridized carbons (Fsp3) is 0.194. The average molecular weight is 561 g/mol. The van der Waals surface area contributed by atoms with Crippen molar-refractivity contribution in [3.63, 3.8) is 0 Å². The zero-order valence-corrected chi connectivity index (χ0v) is 23.5. The van der Waals surface area contributed by atoms with Gasteiger partial charge in [0.2, 0.25) is 5.91 Å². The van der Waals surface area contributed by atoms with Crippen LogP contribution in [0.4, 0.5) is 5.69 Å². The number of nitrogens with one attached hydrogen (secondary N) is 1. The second kappa shape index (κ2) is 13.0. The summed E-state index contributed by atoms with van der Waals surface area (Å²) in [5.41, 5.74) is 2.22. The van der Waals surface area contributed by atoms with Crippen LogP contribution in [0, 0.1) is 6.92 Å². The molecule has 208 valence electrons. The van der Waals surface area contributed by atoms with E-state index in [4.69, 9.17) is 14.2 Å². The Bertz CT molecular complexity index is 1520. The number of para-hydroxylation sites is 1. The van der Waals surface area contributed by atoms with Crippen molar-refractivity contribution in [2.24, 2.45) is 0 Å². The quantitative estimate of drug-likeness (QED) is 0.251. The van der Waals surface area contributed by atoms with Crippen LogP contribution < -0.4 is 23.8 Å². The number of aryl methyl sites for hydroxylation is 1. The van der Waals surface area contributed by atoms with Gasteiger partial charge in [0.05, 0.1) is 24.8 Å². The van der Waals surface area contributed by atoms with Crippen molar-refractivity contribution in [3.8, 4) is 23.0 Å². The summed E-state index contributed by atoms with van der Waals surface area (Å²) in [5.74, 6) is 1.99. The molecule has 0 bridgehead atoms. The maximum atomic E-state index is 13.7. The highest BCUT2D eigenvalue weighted by Crippen LogP contribution is 2.29. The fourth-order valence-electron chi connectivity index (χ4n) is 4.03. The minimum atomic E-state index is -4.03. The number of sulfonamides is 1. The van der Waals surface area contributed by atoms with Crippen LogP contribution in [-0.2, 0) is 21.2 Å². The van der Waals surface area contributed by atoms with Gasteiger partial charge in [-0.2, -0.15) is 0 Å². The standard InChI is InChI=1S/C31H32N2O6S/c1-23-9-16-28(17-10-23)40(35,36)33(25-12-14-27(15-13-25)39-26-7-5-4-6-8-26)22-31(34)32-20-19-24-11-18-29(37-2)30(21-24)38-3/h4-18,21H,19-20,22H2,1-3H3,(H,32,34). The molecule has 40 heavy (non-hydrogen) atoms. The molecule has 0 unspecified atom stereocenters. The van der Waals surface area contributed by atoms with Gasteiger partial charge in [0.15, 0.2) is 11.5 Å². The van der Waals surface area contributed by atoms with Crippen LogP contribution in [0.15, 0.2) is 102 Å². The SMILES string of the molecule is COc1ccc(CCNC(=O)CN(c2ccc(Oc3ccccc3)cc2)S(=O)(=O)c2ccc(C)cc2)cc1OC. The number of methoxy groups -OCH3 is 2. The number of carbonyl (C=O) groups is 1. The molecule has 0 spiro atoms. The first-order valence-electron chi connectivity index (χ1n) is 12.7. The summed E-state index contributed by atoms with van der Waals surface area (Å²) in [6, 6.07) is 28.0. The molecular weight excluding hydrogens is 528 g/mol. The van der Waals surface area contributed by atoms with Crippen molar-refractivity contribution >= 4 is 21.6 Å². The molecule has 4 rings (SSSR count). The number of benzene rings is 4. The predicted octanol–water partition coefficient (Wildman–Crippen LogP) is 5.36. The maximum absolute atomic E-state index is 13.7. The summed E-state index contributed by atoms with van der Waals surface area (Å²) >= 11 is 0. The second-order valence-electron chi connectivity index (χ2n) is 9.02. The van der Waals surface area contributed by atoms with Gasteiger partial charge in [0.25, 0.3) is 10.0 Å². The normalized spacial score (nSPS) is 11.0. The van der Waals surface area contributed by atoms with Gasteiger partial charge in [-0.15, -0.1) is 0 Å². The van der Waals surface area contributed by atoms with E-state index in [9.17, 15) is 13.2 Å². The van der Waals surface area contributed by atoms with Gasteiger partial charge in [-0.1, -0.05) is 42.0 Å². The number of ether oxygens (including phenoxy) is 3. The van der Waals surface area contributed by atoms with E-state index in [1.165, 1.54) is 0 Å². The van der Waals surface area contributed by atoms with E-state index in [1.807, 2.05) is 49.4 Å². The topological polar surface area (TPSA) is 94.2 Å². The Morgan fingerprint density at radius 2 is 1.45 bits per heavy atom. The molecule has 0 saturated carbocycles. The number of carbonyl (C=O) groups excluding carboxylic acids is 1. The van der Waals surface area contributed by atoms with E-state index in [0.717, 1.165) is 15.4 Å². The first kappa shape index (κ1) is 28.5. The minimum absolute atomic E-state index is 0.0980.